The van der Waals surface area contributed by atoms with Crippen LogP contribution in [0.3, 0.4) is 0 Å². The van der Waals surface area contributed by atoms with Crippen LogP contribution in [0, 0.1) is 6.92 Å². The van der Waals surface area contributed by atoms with Gasteiger partial charge in [-0.3, -0.25) is 14.5 Å². The van der Waals surface area contributed by atoms with Crippen LogP contribution in [0.1, 0.15) is 16.8 Å². The molecule has 0 saturated heterocycles. The molecule has 0 fully saturated rings. The Kier molecular flexibility index (Phi) is 6.14. The number of amides is 1. The number of nitrogens with zero attached hydrogens (tertiary/aromatic N) is 5. The van der Waals surface area contributed by atoms with Crippen molar-refractivity contribution < 1.29 is 4.79 Å². The van der Waals surface area contributed by atoms with Gasteiger partial charge in [0.05, 0.1) is 6.20 Å². The van der Waals surface area contributed by atoms with Crippen molar-refractivity contribution in [1.82, 2.24) is 25.1 Å². The monoisotopic (exact) mass is 364 g/mol. The number of likely N-dealkylation sites (N-methyl/N-ethyl adjacent to an activating group) is 1. The normalized spacial score (nSPS) is 10.6. The van der Waals surface area contributed by atoms with Gasteiger partial charge in [-0.25, -0.2) is 4.98 Å². The first kappa shape index (κ1) is 18.6. The third-order valence-corrected chi connectivity index (χ3v) is 4.20. The fraction of sp³-hybridized carbons (Fsp3) is 0.300. The van der Waals surface area contributed by atoms with Crippen LogP contribution in [0.25, 0.3) is 0 Å². The molecule has 140 valence electrons. The molecule has 3 heterocycles. The highest BCUT2D eigenvalue weighted by Crippen LogP contribution is 2.16. The fourth-order valence-electron chi connectivity index (χ4n) is 2.80. The topological polar surface area (TPSA) is 75.9 Å². The SMILES string of the molecule is Cc1cnn(CC(=O)NCc2cccnc2N(C)CCc2ccccn2)c1. The third kappa shape index (κ3) is 5.37. The molecule has 0 unspecified atom stereocenters. The van der Waals surface area contributed by atoms with Crippen LogP contribution in [0.5, 0.6) is 0 Å². The van der Waals surface area contributed by atoms with E-state index in [1.54, 1.807) is 23.3 Å². The Morgan fingerprint density at radius 1 is 1.19 bits per heavy atom. The molecule has 0 bridgehead atoms. The van der Waals surface area contributed by atoms with E-state index >= 15 is 0 Å². The van der Waals surface area contributed by atoms with Crippen molar-refractivity contribution >= 4 is 11.7 Å². The van der Waals surface area contributed by atoms with E-state index in [1.165, 1.54) is 0 Å². The van der Waals surface area contributed by atoms with Gasteiger partial charge in [-0.15, -0.1) is 0 Å². The summed E-state index contributed by atoms with van der Waals surface area (Å²) in [6.45, 7) is 3.38. The summed E-state index contributed by atoms with van der Waals surface area (Å²) in [5.41, 5.74) is 3.06. The largest absolute Gasteiger partial charge is 0.359 e. The van der Waals surface area contributed by atoms with Crippen molar-refractivity contribution in [2.75, 3.05) is 18.5 Å². The highest BCUT2D eigenvalue weighted by Gasteiger charge is 2.11. The van der Waals surface area contributed by atoms with Crippen LogP contribution in [0.2, 0.25) is 0 Å². The molecule has 7 nitrogen and oxygen atoms in total. The van der Waals surface area contributed by atoms with Gasteiger partial charge < -0.3 is 10.2 Å². The average molecular weight is 364 g/mol. The summed E-state index contributed by atoms with van der Waals surface area (Å²) >= 11 is 0. The minimum Gasteiger partial charge on any atom is -0.359 e. The number of hydrogen-bond acceptors (Lipinski definition) is 5. The third-order valence-electron chi connectivity index (χ3n) is 4.20. The summed E-state index contributed by atoms with van der Waals surface area (Å²) < 4.78 is 1.63. The quantitative estimate of drug-likeness (QED) is 0.661. The molecule has 0 aromatic carbocycles. The molecule has 1 N–H and O–H groups in total. The first-order chi connectivity index (χ1) is 13.1. The molecule has 1 amide bonds. The van der Waals surface area contributed by atoms with Gasteiger partial charge in [0.2, 0.25) is 5.91 Å². The zero-order valence-electron chi connectivity index (χ0n) is 15.7. The minimum atomic E-state index is -0.0796. The van der Waals surface area contributed by atoms with E-state index in [1.807, 2.05) is 50.5 Å². The Morgan fingerprint density at radius 2 is 2.04 bits per heavy atom. The Balaban J connectivity index is 1.57. The second kappa shape index (κ2) is 8.93. The maximum Gasteiger partial charge on any atom is 0.241 e. The number of carbonyl (C=O) groups is 1. The van der Waals surface area contributed by atoms with Crippen LogP contribution in [-0.4, -0.2) is 39.2 Å². The Hall–Kier alpha value is -3.22. The first-order valence-electron chi connectivity index (χ1n) is 8.92. The summed E-state index contributed by atoms with van der Waals surface area (Å²) in [6, 6.07) is 9.79. The first-order valence-corrected chi connectivity index (χ1v) is 8.92. The van der Waals surface area contributed by atoms with E-state index in [0.717, 1.165) is 35.6 Å². The number of carbonyl (C=O) groups excluding carboxylic acids is 1. The molecular weight excluding hydrogens is 340 g/mol. The van der Waals surface area contributed by atoms with Crippen LogP contribution < -0.4 is 10.2 Å². The maximum atomic E-state index is 12.2. The van der Waals surface area contributed by atoms with Gasteiger partial charge in [0, 0.05) is 56.4 Å². The van der Waals surface area contributed by atoms with Crippen molar-refractivity contribution in [2.45, 2.75) is 26.4 Å². The molecule has 0 aliphatic carbocycles. The number of hydrogen-bond donors (Lipinski definition) is 1. The predicted molar refractivity (Wildman–Crippen MR) is 104 cm³/mol. The van der Waals surface area contributed by atoms with E-state index in [2.05, 4.69) is 25.3 Å². The van der Waals surface area contributed by atoms with Gasteiger partial charge in [-0.1, -0.05) is 12.1 Å². The van der Waals surface area contributed by atoms with Gasteiger partial charge in [0.25, 0.3) is 0 Å². The van der Waals surface area contributed by atoms with Crippen molar-refractivity contribution in [3.63, 3.8) is 0 Å². The summed E-state index contributed by atoms with van der Waals surface area (Å²) in [6.07, 6.45) is 7.99. The van der Waals surface area contributed by atoms with Gasteiger partial charge in [-0.05, 0) is 30.7 Å². The zero-order chi connectivity index (χ0) is 19.1. The Bertz CT molecular complexity index is 877. The number of aromatic nitrogens is 4. The van der Waals surface area contributed by atoms with Gasteiger partial charge in [0.15, 0.2) is 0 Å². The van der Waals surface area contributed by atoms with Crippen LogP contribution in [0.15, 0.2) is 55.1 Å². The minimum absolute atomic E-state index is 0.0796. The van der Waals surface area contributed by atoms with Crippen LogP contribution in [0.4, 0.5) is 5.82 Å². The maximum absolute atomic E-state index is 12.2. The van der Waals surface area contributed by atoms with Crippen molar-refractivity contribution in [3.05, 3.63) is 71.9 Å². The molecule has 7 heteroatoms. The summed E-state index contributed by atoms with van der Waals surface area (Å²) in [7, 11) is 2.00. The molecule has 3 aromatic heterocycles. The van der Waals surface area contributed by atoms with Gasteiger partial charge in [-0.2, -0.15) is 5.10 Å². The van der Waals surface area contributed by atoms with Crippen molar-refractivity contribution in [1.29, 1.82) is 0 Å². The lowest BCUT2D eigenvalue weighted by molar-refractivity contribution is -0.122. The summed E-state index contributed by atoms with van der Waals surface area (Å²) in [5, 5.41) is 7.09. The second-order valence-corrected chi connectivity index (χ2v) is 6.47. The molecule has 0 atom stereocenters. The zero-order valence-corrected chi connectivity index (χ0v) is 15.7. The highest BCUT2D eigenvalue weighted by molar-refractivity contribution is 5.75. The molecule has 3 aromatic rings. The Labute approximate surface area is 159 Å². The lowest BCUT2D eigenvalue weighted by atomic mass is 10.2. The van der Waals surface area contributed by atoms with E-state index in [-0.39, 0.29) is 12.5 Å². The number of nitrogens with one attached hydrogen (secondary N) is 1. The molecule has 0 radical (unpaired) electrons. The van der Waals surface area contributed by atoms with Gasteiger partial charge in [0.1, 0.15) is 12.4 Å². The molecule has 0 aliphatic rings. The molecule has 3 rings (SSSR count). The highest BCUT2D eigenvalue weighted by atomic mass is 16.2. The van der Waals surface area contributed by atoms with Crippen molar-refractivity contribution in [3.8, 4) is 0 Å². The smallest absolute Gasteiger partial charge is 0.241 e. The van der Waals surface area contributed by atoms with Crippen LogP contribution in [-0.2, 0) is 24.3 Å². The van der Waals surface area contributed by atoms with E-state index < -0.39 is 0 Å². The summed E-state index contributed by atoms with van der Waals surface area (Å²) in [4.78, 5) is 23.1. The van der Waals surface area contributed by atoms with Crippen LogP contribution >= 0.6 is 0 Å². The summed E-state index contributed by atoms with van der Waals surface area (Å²) in [5.74, 6) is 0.785. The standard InChI is InChI=1S/C20H24N6O/c1-16-12-24-26(14-16)15-19(27)23-13-17-6-5-10-22-20(17)25(2)11-8-18-7-3-4-9-21-18/h3-7,9-10,12,14H,8,11,13,15H2,1-2H3,(H,23,27). The van der Waals surface area contributed by atoms with E-state index in [4.69, 9.17) is 0 Å². The molecule has 0 spiro atoms. The average Bonchev–Trinajstić information content (AvgIpc) is 3.10. The molecule has 0 aliphatic heterocycles. The molecule has 0 saturated carbocycles. The van der Waals surface area contributed by atoms with Crippen molar-refractivity contribution in [2.24, 2.45) is 0 Å². The fourth-order valence-corrected chi connectivity index (χ4v) is 2.80. The lowest BCUT2D eigenvalue weighted by Gasteiger charge is -2.21. The second-order valence-electron chi connectivity index (χ2n) is 6.47. The number of pyridine rings is 2. The van der Waals surface area contributed by atoms with Gasteiger partial charge >= 0.3 is 0 Å². The Morgan fingerprint density at radius 3 is 2.78 bits per heavy atom. The lowest BCUT2D eigenvalue weighted by Crippen LogP contribution is -2.29. The number of anilines is 1. The predicted octanol–water partition coefficient (Wildman–Crippen LogP) is 1.98. The number of rotatable bonds is 8. The molecular formula is C20H24N6O. The van der Waals surface area contributed by atoms with E-state index in [0.29, 0.717) is 6.54 Å². The van der Waals surface area contributed by atoms with E-state index in [9.17, 15) is 4.79 Å². The number of aryl methyl sites for hydroxylation is 1. The molecule has 27 heavy (non-hydrogen) atoms.